The van der Waals surface area contributed by atoms with E-state index in [2.05, 4.69) is 50.2 Å². The van der Waals surface area contributed by atoms with E-state index in [1.165, 1.54) is 5.56 Å². The lowest BCUT2D eigenvalue weighted by Gasteiger charge is -2.09. The van der Waals surface area contributed by atoms with E-state index in [9.17, 15) is 0 Å². The number of benzene rings is 1. The maximum absolute atomic E-state index is 4.37. The van der Waals surface area contributed by atoms with Crippen molar-refractivity contribution < 1.29 is 0 Å². The van der Waals surface area contributed by atoms with Crippen molar-refractivity contribution in [3.05, 3.63) is 66.0 Å². The van der Waals surface area contributed by atoms with E-state index in [1.807, 2.05) is 23.1 Å². The maximum Gasteiger partial charge on any atom is 0.134 e. The number of hydrogen-bond acceptors (Lipinski definition) is 3. The third-order valence-electron chi connectivity index (χ3n) is 4.31. The van der Waals surface area contributed by atoms with Gasteiger partial charge in [0, 0.05) is 38.3 Å². The van der Waals surface area contributed by atoms with Gasteiger partial charge < -0.3 is 4.57 Å². The van der Waals surface area contributed by atoms with Crippen molar-refractivity contribution in [1.29, 1.82) is 0 Å². The van der Waals surface area contributed by atoms with Crippen LogP contribution in [0.25, 0.3) is 0 Å². The summed E-state index contributed by atoms with van der Waals surface area (Å²) in [6, 6.07) is 12.7. The van der Waals surface area contributed by atoms with E-state index in [1.54, 1.807) is 0 Å². The monoisotopic (exact) mass is 293 g/mol. The lowest BCUT2D eigenvalue weighted by Crippen LogP contribution is -2.11. The number of aryl methyl sites for hydroxylation is 2. The fourth-order valence-corrected chi connectivity index (χ4v) is 3.23. The van der Waals surface area contributed by atoms with Crippen molar-refractivity contribution in [3.8, 4) is 0 Å². The molecular formula is C17H19N5. The predicted octanol–water partition coefficient (Wildman–Crippen LogP) is 2.13. The van der Waals surface area contributed by atoms with E-state index in [-0.39, 0.29) is 0 Å². The second-order valence-corrected chi connectivity index (χ2v) is 5.92. The Morgan fingerprint density at radius 2 is 2.00 bits per heavy atom. The second-order valence-electron chi connectivity index (χ2n) is 5.92. The van der Waals surface area contributed by atoms with E-state index < -0.39 is 0 Å². The molecule has 3 aromatic rings. The molecule has 112 valence electrons. The van der Waals surface area contributed by atoms with E-state index in [0.717, 1.165) is 44.0 Å². The molecule has 0 saturated heterocycles. The Morgan fingerprint density at radius 1 is 1.09 bits per heavy atom. The minimum Gasteiger partial charge on any atom is -0.315 e. The molecule has 5 nitrogen and oxygen atoms in total. The quantitative estimate of drug-likeness (QED) is 0.724. The van der Waals surface area contributed by atoms with Crippen LogP contribution >= 0.6 is 0 Å². The second kappa shape index (κ2) is 5.75. The van der Waals surface area contributed by atoms with Gasteiger partial charge in [0.05, 0.1) is 0 Å². The first kappa shape index (κ1) is 13.2. The molecule has 1 aromatic carbocycles. The summed E-state index contributed by atoms with van der Waals surface area (Å²) in [6.07, 6.45) is 6.82. The molecule has 1 unspecified atom stereocenters. The molecule has 0 radical (unpaired) electrons. The molecule has 1 aliphatic rings. The summed E-state index contributed by atoms with van der Waals surface area (Å²) in [5.41, 5.74) is 1.41. The van der Waals surface area contributed by atoms with E-state index in [0.29, 0.717) is 5.92 Å². The van der Waals surface area contributed by atoms with Gasteiger partial charge in [0.2, 0.25) is 0 Å². The zero-order valence-electron chi connectivity index (χ0n) is 12.5. The molecule has 0 bridgehead atoms. The molecule has 3 heterocycles. The highest BCUT2D eigenvalue weighted by Crippen LogP contribution is 2.24. The Labute approximate surface area is 129 Å². The highest BCUT2D eigenvalue weighted by Gasteiger charge is 2.25. The summed E-state index contributed by atoms with van der Waals surface area (Å²) in [7, 11) is 0. The van der Waals surface area contributed by atoms with Gasteiger partial charge in [0.15, 0.2) is 0 Å². The van der Waals surface area contributed by atoms with Gasteiger partial charge in [-0.25, -0.2) is 0 Å². The molecule has 0 aliphatic carbocycles. The van der Waals surface area contributed by atoms with Crippen LogP contribution in [0, 0.1) is 5.92 Å². The first-order valence-electron chi connectivity index (χ1n) is 7.81. The number of rotatable bonds is 5. The zero-order valence-corrected chi connectivity index (χ0v) is 12.5. The Hall–Kier alpha value is -2.43. The highest BCUT2D eigenvalue weighted by molar-refractivity contribution is 5.16. The van der Waals surface area contributed by atoms with Crippen molar-refractivity contribution in [2.45, 2.75) is 32.4 Å². The van der Waals surface area contributed by atoms with Gasteiger partial charge >= 0.3 is 0 Å². The Balaban J connectivity index is 1.41. The molecule has 22 heavy (non-hydrogen) atoms. The SMILES string of the molecule is c1ccc(CC2Cc3nnc(CCn4cccn4)n3C2)cc1. The van der Waals surface area contributed by atoms with Crippen molar-refractivity contribution in [2.24, 2.45) is 5.92 Å². The molecule has 0 fully saturated rings. The molecule has 4 rings (SSSR count). The van der Waals surface area contributed by atoms with Crippen LogP contribution < -0.4 is 0 Å². The first-order valence-corrected chi connectivity index (χ1v) is 7.81. The van der Waals surface area contributed by atoms with Crippen molar-refractivity contribution in [1.82, 2.24) is 24.5 Å². The summed E-state index contributed by atoms with van der Waals surface area (Å²) < 4.78 is 4.25. The largest absolute Gasteiger partial charge is 0.315 e. The van der Waals surface area contributed by atoms with Gasteiger partial charge in [-0.2, -0.15) is 5.10 Å². The minimum absolute atomic E-state index is 0.636. The van der Waals surface area contributed by atoms with Crippen LogP contribution in [-0.4, -0.2) is 24.5 Å². The molecule has 0 saturated carbocycles. The summed E-state index contributed by atoms with van der Waals surface area (Å²) >= 11 is 0. The molecular weight excluding hydrogens is 274 g/mol. The van der Waals surface area contributed by atoms with Gasteiger partial charge in [-0.05, 0) is 24.0 Å². The maximum atomic E-state index is 4.37. The van der Waals surface area contributed by atoms with Crippen LogP contribution in [0.3, 0.4) is 0 Å². The van der Waals surface area contributed by atoms with E-state index in [4.69, 9.17) is 0 Å². The molecule has 0 spiro atoms. The van der Waals surface area contributed by atoms with Crippen LogP contribution in [0.4, 0.5) is 0 Å². The number of hydrogen-bond donors (Lipinski definition) is 0. The summed E-state index contributed by atoms with van der Waals surface area (Å²) in [5.74, 6) is 2.86. The average molecular weight is 293 g/mol. The fraction of sp³-hybridized carbons (Fsp3) is 0.353. The molecule has 2 aromatic heterocycles. The van der Waals surface area contributed by atoms with Crippen molar-refractivity contribution >= 4 is 0 Å². The lowest BCUT2D eigenvalue weighted by atomic mass is 9.98. The third kappa shape index (κ3) is 2.66. The minimum atomic E-state index is 0.636. The van der Waals surface area contributed by atoms with Crippen LogP contribution in [0.15, 0.2) is 48.8 Å². The van der Waals surface area contributed by atoms with Crippen molar-refractivity contribution in [3.63, 3.8) is 0 Å². The predicted molar refractivity (Wildman–Crippen MR) is 83.3 cm³/mol. The van der Waals surface area contributed by atoms with Gasteiger partial charge in [0.1, 0.15) is 11.6 Å². The summed E-state index contributed by atoms with van der Waals surface area (Å²) in [6.45, 7) is 1.89. The summed E-state index contributed by atoms with van der Waals surface area (Å²) in [4.78, 5) is 0. The number of aromatic nitrogens is 5. The van der Waals surface area contributed by atoms with Crippen LogP contribution in [0.2, 0.25) is 0 Å². The van der Waals surface area contributed by atoms with Gasteiger partial charge in [-0.1, -0.05) is 30.3 Å². The Morgan fingerprint density at radius 3 is 2.82 bits per heavy atom. The molecule has 0 amide bonds. The summed E-state index contributed by atoms with van der Waals surface area (Å²) in [5, 5.41) is 13.0. The smallest absolute Gasteiger partial charge is 0.134 e. The molecule has 1 aliphatic heterocycles. The third-order valence-corrected chi connectivity index (χ3v) is 4.31. The Bertz CT molecular complexity index is 730. The van der Waals surface area contributed by atoms with Gasteiger partial charge in [-0.3, -0.25) is 4.68 Å². The van der Waals surface area contributed by atoms with E-state index >= 15 is 0 Å². The topological polar surface area (TPSA) is 48.5 Å². The molecule has 0 N–H and O–H groups in total. The highest BCUT2D eigenvalue weighted by atomic mass is 15.3. The zero-order chi connectivity index (χ0) is 14.8. The lowest BCUT2D eigenvalue weighted by molar-refractivity contribution is 0.488. The average Bonchev–Trinajstić information content (AvgIpc) is 3.24. The molecule has 5 heteroatoms. The fourth-order valence-electron chi connectivity index (χ4n) is 3.23. The van der Waals surface area contributed by atoms with Gasteiger partial charge in [-0.15, -0.1) is 10.2 Å². The van der Waals surface area contributed by atoms with Crippen LogP contribution in [-0.2, 0) is 32.4 Å². The number of fused-ring (bicyclic) bond motifs is 1. The standard InChI is InChI=1S/C17H19N5/c1-2-5-14(6-3-1)11-15-12-17-20-19-16(22(17)13-15)7-10-21-9-4-8-18-21/h1-6,8-9,15H,7,10-13H2. The van der Waals surface area contributed by atoms with Crippen molar-refractivity contribution in [2.75, 3.05) is 0 Å². The van der Waals surface area contributed by atoms with Crippen LogP contribution in [0.1, 0.15) is 17.2 Å². The van der Waals surface area contributed by atoms with Crippen LogP contribution in [0.5, 0.6) is 0 Å². The first-order chi connectivity index (χ1) is 10.9. The number of nitrogens with zero attached hydrogens (tertiary/aromatic N) is 5. The Kier molecular flexibility index (Phi) is 3.46. The van der Waals surface area contributed by atoms with Gasteiger partial charge in [0.25, 0.3) is 0 Å². The normalized spacial score (nSPS) is 16.8. The molecule has 1 atom stereocenters.